The molecule has 0 aliphatic heterocycles. The van der Waals surface area contributed by atoms with E-state index in [-0.39, 0.29) is 0 Å². The summed E-state index contributed by atoms with van der Waals surface area (Å²) in [6.07, 6.45) is 1.04. The van der Waals surface area contributed by atoms with Crippen LogP contribution in [-0.2, 0) is 6.61 Å². The van der Waals surface area contributed by atoms with Gasteiger partial charge in [-0.1, -0.05) is 50.2 Å². The van der Waals surface area contributed by atoms with E-state index >= 15 is 0 Å². The molecule has 1 unspecified atom stereocenters. The van der Waals surface area contributed by atoms with Crippen molar-refractivity contribution >= 4 is 0 Å². The van der Waals surface area contributed by atoms with Crippen LogP contribution in [0.1, 0.15) is 37.4 Å². The first-order valence-electron chi connectivity index (χ1n) is 7.86. The predicted molar refractivity (Wildman–Crippen MR) is 90.5 cm³/mol. The van der Waals surface area contributed by atoms with Crippen LogP contribution in [0.25, 0.3) is 0 Å². The van der Waals surface area contributed by atoms with E-state index < -0.39 is 0 Å². The van der Waals surface area contributed by atoms with Crippen molar-refractivity contribution in [2.45, 2.75) is 32.9 Å². The summed E-state index contributed by atoms with van der Waals surface area (Å²) in [7, 11) is 1.68. The lowest BCUT2D eigenvalue weighted by Gasteiger charge is -2.18. The van der Waals surface area contributed by atoms with Crippen molar-refractivity contribution in [3.63, 3.8) is 0 Å². The molecule has 0 aromatic heterocycles. The first-order chi connectivity index (χ1) is 10.8. The summed E-state index contributed by atoms with van der Waals surface area (Å²) in [5, 5.41) is 3.48. The van der Waals surface area contributed by atoms with Gasteiger partial charge < -0.3 is 14.8 Å². The lowest BCUT2D eigenvalue weighted by atomic mass is 10.0. The Morgan fingerprint density at radius 3 is 2.41 bits per heavy atom. The summed E-state index contributed by atoms with van der Waals surface area (Å²) in [6.45, 7) is 5.80. The van der Waals surface area contributed by atoms with Crippen LogP contribution >= 0.6 is 0 Å². The molecule has 0 radical (unpaired) electrons. The Kier molecular flexibility index (Phi) is 6.28. The third-order valence-corrected chi connectivity index (χ3v) is 3.69. The van der Waals surface area contributed by atoms with Crippen molar-refractivity contribution in [3.05, 3.63) is 59.7 Å². The van der Waals surface area contributed by atoms with Crippen molar-refractivity contribution in [2.75, 3.05) is 13.7 Å². The normalized spacial score (nSPS) is 12.0. The van der Waals surface area contributed by atoms with Crippen molar-refractivity contribution in [3.8, 4) is 11.5 Å². The highest BCUT2D eigenvalue weighted by Crippen LogP contribution is 2.31. The Bertz CT molecular complexity index is 569. The third kappa shape index (κ3) is 4.25. The maximum atomic E-state index is 5.90. The van der Waals surface area contributed by atoms with Gasteiger partial charge >= 0.3 is 0 Å². The average molecular weight is 299 g/mol. The van der Waals surface area contributed by atoms with Gasteiger partial charge in [0.05, 0.1) is 7.11 Å². The van der Waals surface area contributed by atoms with Crippen LogP contribution in [0, 0.1) is 0 Å². The summed E-state index contributed by atoms with van der Waals surface area (Å²) >= 11 is 0. The largest absolute Gasteiger partial charge is 0.493 e. The molecule has 0 bridgehead atoms. The Labute approximate surface area is 133 Å². The molecule has 2 aromatic rings. The van der Waals surface area contributed by atoms with E-state index in [0.717, 1.165) is 30.0 Å². The molecule has 0 heterocycles. The van der Waals surface area contributed by atoms with Gasteiger partial charge in [-0.25, -0.2) is 0 Å². The summed E-state index contributed by atoms with van der Waals surface area (Å²) in [5.74, 6) is 1.56. The maximum Gasteiger partial charge on any atom is 0.161 e. The fraction of sp³-hybridized carbons (Fsp3) is 0.368. The van der Waals surface area contributed by atoms with Crippen LogP contribution in [0.2, 0.25) is 0 Å². The predicted octanol–water partition coefficient (Wildman–Crippen LogP) is 4.33. The first-order valence-corrected chi connectivity index (χ1v) is 7.86. The summed E-state index contributed by atoms with van der Waals surface area (Å²) < 4.78 is 11.4. The highest BCUT2D eigenvalue weighted by molar-refractivity contribution is 5.44. The fourth-order valence-corrected chi connectivity index (χ4v) is 2.50. The number of nitrogens with one attached hydrogen (secondary N) is 1. The quantitative estimate of drug-likeness (QED) is 0.786. The summed E-state index contributed by atoms with van der Waals surface area (Å²) in [6, 6.07) is 16.7. The van der Waals surface area contributed by atoms with E-state index in [9.17, 15) is 0 Å². The minimum Gasteiger partial charge on any atom is -0.493 e. The lowest BCUT2D eigenvalue weighted by Crippen LogP contribution is -2.20. The molecule has 0 spiro atoms. The van der Waals surface area contributed by atoms with Crippen LogP contribution in [0.4, 0.5) is 0 Å². The highest BCUT2D eigenvalue weighted by atomic mass is 16.5. The van der Waals surface area contributed by atoms with Crippen LogP contribution in [0.3, 0.4) is 0 Å². The van der Waals surface area contributed by atoms with E-state index in [1.165, 1.54) is 5.56 Å². The fourth-order valence-electron chi connectivity index (χ4n) is 2.50. The van der Waals surface area contributed by atoms with Gasteiger partial charge in [0, 0.05) is 6.04 Å². The Morgan fingerprint density at radius 2 is 1.77 bits per heavy atom. The van der Waals surface area contributed by atoms with Gasteiger partial charge in [0.1, 0.15) is 6.61 Å². The molecule has 2 rings (SSSR count). The van der Waals surface area contributed by atoms with Crippen LogP contribution in [-0.4, -0.2) is 13.7 Å². The van der Waals surface area contributed by atoms with Gasteiger partial charge in [-0.15, -0.1) is 0 Å². The zero-order valence-corrected chi connectivity index (χ0v) is 13.6. The Morgan fingerprint density at radius 1 is 1.00 bits per heavy atom. The second-order valence-electron chi connectivity index (χ2n) is 5.20. The van der Waals surface area contributed by atoms with Crippen molar-refractivity contribution in [1.82, 2.24) is 5.32 Å². The second kappa shape index (κ2) is 8.44. The molecule has 0 saturated carbocycles. The van der Waals surface area contributed by atoms with E-state index in [4.69, 9.17) is 9.47 Å². The molecule has 2 aromatic carbocycles. The smallest absolute Gasteiger partial charge is 0.161 e. The number of benzene rings is 2. The van der Waals surface area contributed by atoms with Gasteiger partial charge in [0.25, 0.3) is 0 Å². The van der Waals surface area contributed by atoms with Crippen LogP contribution < -0.4 is 14.8 Å². The van der Waals surface area contributed by atoms with Crippen LogP contribution in [0.5, 0.6) is 11.5 Å². The molecule has 0 fully saturated rings. The molecule has 3 heteroatoms. The van der Waals surface area contributed by atoms with Gasteiger partial charge in [-0.2, -0.15) is 0 Å². The molecule has 0 amide bonds. The lowest BCUT2D eigenvalue weighted by molar-refractivity contribution is 0.284. The van der Waals surface area contributed by atoms with E-state index in [2.05, 4.69) is 43.4 Å². The monoisotopic (exact) mass is 299 g/mol. The first kappa shape index (κ1) is 16.4. The standard InChI is InChI=1S/C19H25NO2/c1-4-17(20-5-2)16-11-12-18(19(13-16)21-3)22-14-15-9-7-6-8-10-15/h6-13,17,20H,4-5,14H2,1-3H3. The van der Waals surface area contributed by atoms with Crippen molar-refractivity contribution < 1.29 is 9.47 Å². The molecular weight excluding hydrogens is 274 g/mol. The van der Waals surface area contributed by atoms with E-state index in [1.807, 2.05) is 24.3 Å². The number of methoxy groups -OCH3 is 1. The molecule has 22 heavy (non-hydrogen) atoms. The van der Waals surface area contributed by atoms with Crippen molar-refractivity contribution in [2.24, 2.45) is 0 Å². The molecule has 3 nitrogen and oxygen atoms in total. The van der Waals surface area contributed by atoms with E-state index in [1.54, 1.807) is 7.11 Å². The average Bonchev–Trinajstić information content (AvgIpc) is 2.58. The summed E-state index contributed by atoms with van der Waals surface area (Å²) in [4.78, 5) is 0. The SMILES string of the molecule is CCNC(CC)c1ccc(OCc2ccccc2)c(OC)c1. The van der Waals surface area contributed by atoms with Gasteiger partial charge in [-0.3, -0.25) is 0 Å². The second-order valence-corrected chi connectivity index (χ2v) is 5.20. The highest BCUT2D eigenvalue weighted by Gasteiger charge is 2.12. The van der Waals surface area contributed by atoms with Crippen LogP contribution in [0.15, 0.2) is 48.5 Å². The van der Waals surface area contributed by atoms with Gasteiger partial charge in [-0.05, 0) is 36.2 Å². The zero-order chi connectivity index (χ0) is 15.8. The molecule has 1 N–H and O–H groups in total. The molecular formula is C19H25NO2. The number of hydrogen-bond acceptors (Lipinski definition) is 3. The minimum absolute atomic E-state index is 0.349. The molecule has 0 aliphatic rings. The summed E-state index contributed by atoms with van der Waals surface area (Å²) in [5.41, 5.74) is 2.38. The topological polar surface area (TPSA) is 30.5 Å². The molecule has 0 saturated heterocycles. The number of hydrogen-bond donors (Lipinski definition) is 1. The van der Waals surface area contributed by atoms with Gasteiger partial charge in [0.15, 0.2) is 11.5 Å². The minimum atomic E-state index is 0.349. The Balaban J connectivity index is 2.11. The number of rotatable bonds is 8. The third-order valence-electron chi connectivity index (χ3n) is 3.69. The Hall–Kier alpha value is -2.00. The molecule has 118 valence electrons. The maximum absolute atomic E-state index is 5.90. The van der Waals surface area contributed by atoms with Gasteiger partial charge in [0.2, 0.25) is 0 Å². The van der Waals surface area contributed by atoms with E-state index in [0.29, 0.717) is 12.6 Å². The zero-order valence-electron chi connectivity index (χ0n) is 13.6. The number of ether oxygens (including phenoxy) is 2. The van der Waals surface area contributed by atoms with Crippen molar-refractivity contribution in [1.29, 1.82) is 0 Å². The molecule has 1 atom stereocenters. The molecule has 0 aliphatic carbocycles.